The molecular weight excluding hydrogens is 360 g/mol. The normalized spacial score (nSPS) is 34.1. The third kappa shape index (κ3) is 4.83. The SMILES string of the molecule is C=C1CCCC(C)(C)[C@@H]1CCC(C)=CCCC1=C(C)CC[C@H]2C(C)(C)CCC[C@]12C. The Kier molecular flexibility index (Phi) is 7.16. The molecule has 3 aliphatic rings. The van der Waals surface area contributed by atoms with E-state index in [1.807, 2.05) is 5.57 Å². The van der Waals surface area contributed by atoms with Crippen LogP contribution in [0.25, 0.3) is 0 Å². The zero-order chi connectivity index (χ0) is 22.2. The van der Waals surface area contributed by atoms with Gasteiger partial charge in [-0.2, -0.15) is 0 Å². The van der Waals surface area contributed by atoms with Crippen LogP contribution < -0.4 is 0 Å². The standard InChI is InChI=1S/C30H50/c1-22(15-17-25-23(2)13-10-19-28(25,4)5)12-9-14-26-24(3)16-18-27-29(6,7)20-11-21-30(26,27)8/h12,25,27H,2,9-11,13-21H2,1,3-8H3/t25-,27+,30-/m1/s1. The number of hydrogen-bond donors (Lipinski definition) is 0. The van der Waals surface area contributed by atoms with Gasteiger partial charge in [-0.3, -0.25) is 0 Å². The van der Waals surface area contributed by atoms with Crippen molar-refractivity contribution in [3.63, 3.8) is 0 Å². The zero-order valence-corrected chi connectivity index (χ0v) is 21.4. The molecule has 0 unspecified atom stereocenters. The van der Waals surface area contributed by atoms with Gasteiger partial charge in [0.25, 0.3) is 0 Å². The highest BCUT2D eigenvalue weighted by Crippen LogP contribution is 2.60. The van der Waals surface area contributed by atoms with Crippen LogP contribution in [0.15, 0.2) is 34.9 Å². The summed E-state index contributed by atoms with van der Waals surface area (Å²) in [7, 11) is 0. The molecule has 0 aromatic carbocycles. The van der Waals surface area contributed by atoms with Gasteiger partial charge in [0, 0.05) is 0 Å². The smallest absolute Gasteiger partial charge is 0.00803 e. The fourth-order valence-corrected chi connectivity index (χ4v) is 7.89. The fourth-order valence-electron chi connectivity index (χ4n) is 7.89. The average molecular weight is 411 g/mol. The highest BCUT2D eigenvalue weighted by Gasteiger charge is 2.49. The summed E-state index contributed by atoms with van der Waals surface area (Å²) >= 11 is 0. The van der Waals surface area contributed by atoms with Gasteiger partial charge in [-0.25, -0.2) is 0 Å². The van der Waals surface area contributed by atoms with Crippen molar-refractivity contribution < 1.29 is 0 Å². The van der Waals surface area contributed by atoms with E-state index in [-0.39, 0.29) is 0 Å². The monoisotopic (exact) mass is 410 g/mol. The molecule has 0 N–H and O–H groups in total. The molecule has 0 saturated heterocycles. The second-order valence-corrected chi connectivity index (χ2v) is 12.8. The van der Waals surface area contributed by atoms with Gasteiger partial charge in [-0.05, 0) is 113 Å². The number of hydrogen-bond acceptors (Lipinski definition) is 0. The second-order valence-electron chi connectivity index (χ2n) is 12.8. The van der Waals surface area contributed by atoms with Gasteiger partial charge in [-0.15, -0.1) is 0 Å². The molecule has 0 heteroatoms. The molecule has 0 nitrogen and oxygen atoms in total. The molecule has 0 heterocycles. The minimum Gasteiger partial charge on any atom is -0.0996 e. The van der Waals surface area contributed by atoms with E-state index >= 15 is 0 Å². The molecule has 0 bridgehead atoms. The molecule has 3 aliphatic carbocycles. The van der Waals surface area contributed by atoms with E-state index in [0.717, 1.165) is 5.92 Å². The Morgan fingerprint density at radius 2 is 1.70 bits per heavy atom. The van der Waals surface area contributed by atoms with Crippen LogP contribution >= 0.6 is 0 Å². The first kappa shape index (κ1) is 23.9. The molecule has 2 saturated carbocycles. The van der Waals surface area contributed by atoms with Crippen LogP contribution in [0.1, 0.15) is 126 Å². The van der Waals surface area contributed by atoms with E-state index in [0.29, 0.717) is 22.2 Å². The Morgan fingerprint density at radius 3 is 2.40 bits per heavy atom. The molecule has 0 spiro atoms. The average Bonchev–Trinajstić information content (AvgIpc) is 2.62. The second kappa shape index (κ2) is 8.99. The van der Waals surface area contributed by atoms with E-state index < -0.39 is 0 Å². The minimum absolute atomic E-state index is 0.441. The Labute approximate surface area is 188 Å². The van der Waals surface area contributed by atoms with Gasteiger partial charge >= 0.3 is 0 Å². The molecule has 2 fully saturated rings. The summed E-state index contributed by atoms with van der Waals surface area (Å²) in [6, 6.07) is 0. The molecule has 0 amide bonds. The third-order valence-corrected chi connectivity index (χ3v) is 9.71. The Balaban J connectivity index is 1.60. The lowest BCUT2D eigenvalue weighted by Crippen LogP contribution is -2.45. The van der Waals surface area contributed by atoms with Crippen LogP contribution in [0.5, 0.6) is 0 Å². The van der Waals surface area contributed by atoms with Gasteiger partial charge in [0.05, 0.1) is 0 Å². The van der Waals surface area contributed by atoms with Crippen LogP contribution in [0.4, 0.5) is 0 Å². The lowest BCUT2D eigenvalue weighted by Gasteiger charge is -2.55. The van der Waals surface area contributed by atoms with Crippen molar-refractivity contribution in [1.82, 2.24) is 0 Å². The molecule has 3 atom stereocenters. The van der Waals surface area contributed by atoms with Crippen molar-refractivity contribution in [3.8, 4) is 0 Å². The molecule has 170 valence electrons. The quantitative estimate of drug-likeness (QED) is 0.382. The summed E-state index contributed by atoms with van der Waals surface area (Å²) in [6.45, 7) is 21.9. The van der Waals surface area contributed by atoms with Crippen molar-refractivity contribution in [2.45, 2.75) is 126 Å². The molecular formula is C30H50. The van der Waals surface area contributed by atoms with Crippen LogP contribution in [0.2, 0.25) is 0 Å². The van der Waals surface area contributed by atoms with E-state index in [1.54, 1.807) is 11.1 Å². The maximum atomic E-state index is 4.43. The molecule has 30 heavy (non-hydrogen) atoms. The first-order valence-electron chi connectivity index (χ1n) is 13.0. The van der Waals surface area contributed by atoms with Crippen LogP contribution in [-0.2, 0) is 0 Å². The van der Waals surface area contributed by atoms with Gasteiger partial charge in [-0.1, -0.05) is 76.0 Å². The highest BCUT2D eigenvalue weighted by atomic mass is 14.5. The number of rotatable bonds is 6. The van der Waals surface area contributed by atoms with E-state index in [4.69, 9.17) is 0 Å². The largest absolute Gasteiger partial charge is 0.0996 e. The summed E-state index contributed by atoms with van der Waals surface area (Å²) in [5.74, 6) is 1.59. The summed E-state index contributed by atoms with van der Waals surface area (Å²) in [5.41, 5.74) is 8.08. The third-order valence-electron chi connectivity index (χ3n) is 9.71. The fraction of sp³-hybridized carbons (Fsp3) is 0.800. The predicted octanol–water partition coefficient (Wildman–Crippen LogP) is 9.82. The Bertz CT molecular complexity index is 698. The maximum absolute atomic E-state index is 4.43. The molecule has 3 rings (SSSR count). The highest BCUT2D eigenvalue weighted by molar-refractivity contribution is 5.28. The first-order chi connectivity index (χ1) is 14.0. The van der Waals surface area contributed by atoms with Gasteiger partial charge in [0.15, 0.2) is 0 Å². The van der Waals surface area contributed by atoms with E-state index in [9.17, 15) is 0 Å². The Hall–Kier alpha value is -0.780. The van der Waals surface area contributed by atoms with Crippen molar-refractivity contribution in [2.75, 3.05) is 0 Å². The number of fused-ring (bicyclic) bond motifs is 1. The van der Waals surface area contributed by atoms with E-state index in [2.05, 4.69) is 61.1 Å². The molecule has 0 aromatic heterocycles. The maximum Gasteiger partial charge on any atom is -0.00803 e. The van der Waals surface area contributed by atoms with Crippen LogP contribution in [0.3, 0.4) is 0 Å². The van der Waals surface area contributed by atoms with Gasteiger partial charge in [0.2, 0.25) is 0 Å². The molecule has 0 aliphatic heterocycles. The van der Waals surface area contributed by atoms with E-state index in [1.165, 1.54) is 82.6 Å². The predicted molar refractivity (Wildman–Crippen MR) is 134 cm³/mol. The Morgan fingerprint density at radius 1 is 1.00 bits per heavy atom. The minimum atomic E-state index is 0.441. The zero-order valence-electron chi connectivity index (χ0n) is 21.4. The topological polar surface area (TPSA) is 0 Å². The van der Waals surface area contributed by atoms with Crippen molar-refractivity contribution in [2.24, 2.45) is 28.1 Å². The van der Waals surface area contributed by atoms with Crippen molar-refractivity contribution >= 4 is 0 Å². The summed E-state index contributed by atoms with van der Waals surface area (Å²) in [6.07, 6.45) is 18.6. The van der Waals surface area contributed by atoms with Crippen LogP contribution in [0, 0.1) is 28.1 Å². The van der Waals surface area contributed by atoms with Crippen molar-refractivity contribution in [3.05, 3.63) is 34.9 Å². The molecule has 0 radical (unpaired) electrons. The summed E-state index contributed by atoms with van der Waals surface area (Å²) < 4.78 is 0. The molecule has 0 aromatic rings. The van der Waals surface area contributed by atoms with Gasteiger partial charge < -0.3 is 0 Å². The van der Waals surface area contributed by atoms with Gasteiger partial charge in [0.1, 0.15) is 0 Å². The van der Waals surface area contributed by atoms with Crippen molar-refractivity contribution in [1.29, 1.82) is 0 Å². The summed E-state index contributed by atoms with van der Waals surface area (Å²) in [4.78, 5) is 0. The lowest BCUT2D eigenvalue weighted by molar-refractivity contribution is 0.0105. The lowest BCUT2D eigenvalue weighted by atomic mass is 9.50. The summed E-state index contributed by atoms with van der Waals surface area (Å²) in [5, 5.41) is 0. The van der Waals surface area contributed by atoms with Crippen LogP contribution in [-0.4, -0.2) is 0 Å². The number of allylic oxidation sites excluding steroid dienone is 5. The first-order valence-corrected chi connectivity index (χ1v) is 13.0.